The monoisotopic (exact) mass is 287 g/mol. The standard InChI is InChI=1S/C13H11BFN3O3/c15-11-2-1-9(7-10(11)14(20)21)8-17-5-6-18-12(13(17)19)3-4-16-18/h1-7,20-21H,8H2. The Labute approximate surface area is 118 Å². The van der Waals surface area contributed by atoms with Crippen molar-refractivity contribution in [1.29, 1.82) is 0 Å². The van der Waals surface area contributed by atoms with Crippen LogP contribution in [0, 0.1) is 5.82 Å². The maximum absolute atomic E-state index is 13.4. The third-order valence-electron chi connectivity index (χ3n) is 3.23. The largest absolute Gasteiger partial charge is 0.491 e. The predicted molar refractivity (Wildman–Crippen MR) is 74.8 cm³/mol. The van der Waals surface area contributed by atoms with E-state index in [9.17, 15) is 9.18 Å². The summed E-state index contributed by atoms with van der Waals surface area (Å²) in [5.41, 5.74) is 0.573. The van der Waals surface area contributed by atoms with E-state index in [0.29, 0.717) is 11.1 Å². The van der Waals surface area contributed by atoms with Gasteiger partial charge in [0.1, 0.15) is 11.3 Å². The maximum atomic E-state index is 13.4. The van der Waals surface area contributed by atoms with Crippen LogP contribution in [0.25, 0.3) is 5.52 Å². The minimum atomic E-state index is -1.89. The molecule has 0 spiro atoms. The molecule has 3 aromatic rings. The summed E-state index contributed by atoms with van der Waals surface area (Å²) >= 11 is 0. The van der Waals surface area contributed by atoms with E-state index >= 15 is 0 Å². The van der Waals surface area contributed by atoms with Gasteiger partial charge in [-0.05, 0) is 17.7 Å². The SMILES string of the molecule is O=c1c2ccnn2ccn1Cc1ccc(F)c(B(O)O)c1. The van der Waals surface area contributed by atoms with Crippen molar-refractivity contribution >= 4 is 18.1 Å². The van der Waals surface area contributed by atoms with E-state index in [1.54, 1.807) is 18.5 Å². The lowest BCUT2D eigenvalue weighted by molar-refractivity contribution is 0.423. The van der Waals surface area contributed by atoms with Crippen LogP contribution in [0.2, 0.25) is 0 Å². The average molecular weight is 287 g/mol. The normalized spacial score (nSPS) is 11.0. The summed E-state index contributed by atoms with van der Waals surface area (Å²) in [6.07, 6.45) is 4.74. The Kier molecular flexibility index (Phi) is 3.32. The van der Waals surface area contributed by atoms with Gasteiger partial charge in [-0.1, -0.05) is 12.1 Å². The minimum absolute atomic E-state index is 0.195. The van der Waals surface area contributed by atoms with Crippen LogP contribution in [0.4, 0.5) is 4.39 Å². The van der Waals surface area contributed by atoms with Crippen molar-refractivity contribution < 1.29 is 14.4 Å². The van der Waals surface area contributed by atoms with Crippen LogP contribution in [0.1, 0.15) is 5.56 Å². The first kappa shape index (κ1) is 13.5. The van der Waals surface area contributed by atoms with Crippen LogP contribution in [0.3, 0.4) is 0 Å². The van der Waals surface area contributed by atoms with E-state index in [1.165, 1.54) is 27.4 Å². The van der Waals surface area contributed by atoms with Crippen LogP contribution in [0.5, 0.6) is 0 Å². The van der Waals surface area contributed by atoms with E-state index in [1.807, 2.05) is 0 Å². The molecule has 106 valence electrons. The molecule has 2 N–H and O–H groups in total. The summed E-state index contributed by atoms with van der Waals surface area (Å²) in [5, 5.41) is 22.2. The Bertz CT molecular complexity index is 859. The summed E-state index contributed by atoms with van der Waals surface area (Å²) in [5.74, 6) is -0.702. The van der Waals surface area contributed by atoms with Gasteiger partial charge in [-0.25, -0.2) is 8.91 Å². The number of rotatable bonds is 3. The van der Waals surface area contributed by atoms with Crippen LogP contribution >= 0.6 is 0 Å². The molecule has 0 amide bonds. The predicted octanol–water partition coefficient (Wildman–Crippen LogP) is -0.637. The van der Waals surface area contributed by atoms with Gasteiger partial charge < -0.3 is 14.6 Å². The molecule has 21 heavy (non-hydrogen) atoms. The fourth-order valence-corrected chi connectivity index (χ4v) is 2.17. The van der Waals surface area contributed by atoms with Gasteiger partial charge in [-0.15, -0.1) is 0 Å². The van der Waals surface area contributed by atoms with Gasteiger partial charge in [0.25, 0.3) is 5.56 Å². The van der Waals surface area contributed by atoms with E-state index in [-0.39, 0.29) is 17.6 Å². The van der Waals surface area contributed by atoms with Crippen LogP contribution in [0.15, 0.2) is 47.7 Å². The molecule has 8 heteroatoms. The first-order chi connectivity index (χ1) is 10.1. The number of aromatic nitrogens is 3. The Hall–Kier alpha value is -2.45. The summed E-state index contributed by atoms with van der Waals surface area (Å²) in [7, 11) is -1.89. The van der Waals surface area contributed by atoms with Crippen molar-refractivity contribution in [2.45, 2.75) is 6.54 Å². The van der Waals surface area contributed by atoms with Crippen molar-refractivity contribution in [3.8, 4) is 0 Å². The van der Waals surface area contributed by atoms with Gasteiger partial charge in [0, 0.05) is 17.9 Å². The molecule has 3 rings (SSSR count). The number of halogens is 1. The van der Waals surface area contributed by atoms with Gasteiger partial charge in [0.15, 0.2) is 0 Å². The first-order valence-electron chi connectivity index (χ1n) is 6.23. The van der Waals surface area contributed by atoms with E-state index in [4.69, 9.17) is 10.0 Å². The topological polar surface area (TPSA) is 79.8 Å². The zero-order valence-electron chi connectivity index (χ0n) is 10.8. The molecule has 0 atom stereocenters. The number of hydrogen-bond acceptors (Lipinski definition) is 4. The second-order valence-electron chi connectivity index (χ2n) is 4.62. The summed E-state index contributed by atoms with van der Waals surface area (Å²) in [6, 6.07) is 5.57. The van der Waals surface area contributed by atoms with E-state index in [0.717, 1.165) is 6.07 Å². The number of fused-ring (bicyclic) bond motifs is 1. The lowest BCUT2D eigenvalue weighted by Gasteiger charge is -2.09. The molecular weight excluding hydrogens is 276 g/mol. The molecule has 2 heterocycles. The number of hydrogen-bond donors (Lipinski definition) is 2. The van der Waals surface area contributed by atoms with Crippen molar-refractivity contribution in [2.75, 3.05) is 0 Å². The van der Waals surface area contributed by atoms with Gasteiger partial charge in [0.05, 0.1) is 12.7 Å². The smallest absolute Gasteiger partial charge is 0.423 e. The molecule has 6 nitrogen and oxygen atoms in total. The highest BCUT2D eigenvalue weighted by Crippen LogP contribution is 2.04. The molecule has 0 saturated carbocycles. The molecule has 2 aromatic heterocycles. The van der Waals surface area contributed by atoms with Crippen molar-refractivity contribution in [1.82, 2.24) is 14.2 Å². The average Bonchev–Trinajstić information content (AvgIpc) is 2.93. The van der Waals surface area contributed by atoms with E-state index < -0.39 is 12.9 Å². The molecule has 0 bridgehead atoms. The van der Waals surface area contributed by atoms with Crippen LogP contribution < -0.4 is 11.0 Å². The van der Waals surface area contributed by atoms with Crippen molar-refractivity contribution in [3.63, 3.8) is 0 Å². The molecule has 0 radical (unpaired) electrons. The molecular formula is C13H11BFN3O3. The van der Waals surface area contributed by atoms with Gasteiger partial charge in [-0.2, -0.15) is 5.10 Å². The van der Waals surface area contributed by atoms with Crippen LogP contribution in [-0.4, -0.2) is 31.3 Å². The van der Waals surface area contributed by atoms with Crippen molar-refractivity contribution in [3.05, 3.63) is 64.6 Å². The Morgan fingerprint density at radius 1 is 1.24 bits per heavy atom. The summed E-state index contributed by atoms with van der Waals surface area (Å²) in [4.78, 5) is 12.2. The van der Waals surface area contributed by atoms with E-state index in [2.05, 4.69) is 5.10 Å². The zero-order valence-corrected chi connectivity index (χ0v) is 10.8. The second-order valence-corrected chi connectivity index (χ2v) is 4.62. The molecule has 0 aliphatic heterocycles. The van der Waals surface area contributed by atoms with Gasteiger partial charge in [0.2, 0.25) is 0 Å². The van der Waals surface area contributed by atoms with Crippen molar-refractivity contribution in [2.24, 2.45) is 0 Å². The molecule has 0 aliphatic carbocycles. The molecule has 0 unspecified atom stereocenters. The van der Waals surface area contributed by atoms with Gasteiger partial charge in [-0.3, -0.25) is 4.79 Å². The third kappa shape index (κ3) is 2.46. The van der Waals surface area contributed by atoms with Crippen LogP contribution in [-0.2, 0) is 6.54 Å². The maximum Gasteiger partial charge on any atom is 0.491 e. The third-order valence-corrected chi connectivity index (χ3v) is 3.23. The molecule has 0 saturated heterocycles. The summed E-state index contributed by atoms with van der Waals surface area (Å²) < 4.78 is 16.3. The lowest BCUT2D eigenvalue weighted by Crippen LogP contribution is -2.33. The fraction of sp³-hybridized carbons (Fsp3) is 0.0769. The highest BCUT2D eigenvalue weighted by atomic mass is 19.1. The number of benzene rings is 1. The molecule has 0 aliphatic rings. The quantitative estimate of drug-likeness (QED) is 0.628. The fourth-order valence-electron chi connectivity index (χ4n) is 2.17. The minimum Gasteiger partial charge on any atom is -0.423 e. The Morgan fingerprint density at radius 2 is 2.05 bits per heavy atom. The first-order valence-corrected chi connectivity index (χ1v) is 6.23. The van der Waals surface area contributed by atoms with Gasteiger partial charge >= 0.3 is 7.12 Å². The zero-order chi connectivity index (χ0) is 15.0. The Morgan fingerprint density at radius 3 is 2.81 bits per heavy atom. The highest BCUT2D eigenvalue weighted by Gasteiger charge is 2.17. The lowest BCUT2D eigenvalue weighted by atomic mass is 9.79. The second kappa shape index (κ2) is 5.15. The summed E-state index contributed by atoms with van der Waals surface area (Å²) in [6.45, 7) is 0.195. The Balaban J connectivity index is 2.00. The highest BCUT2D eigenvalue weighted by molar-refractivity contribution is 6.58. The molecule has 0 fully saturated rings. The number of nitrogens with zero attached hydrogens (tertiary/aromatic N) is 3. The molecule has 1 aromatic carbocycles.